The maximum Gasteiger partial charge on any atom is 0.190 e. The van der Waals surface area contributed by atoms with E-state index in [0.29, 0.717) is 0 Å². The first kappa shape index (κ1) is 13.0. The highest BCUT2D eigenvalue weighted by molar-refractivity contribution is 5.80. The van der Waals surface area contributed by atoms with Gasteiger partial charge in [0.2, 0.25) is 0 Å². The molecule has 1 aliphatic carbocycles. The van der Waals surface area contributed by atoms with Crippen molar-refractivity contribution in [3.05, 3.63) is 36.1 Å². The number of rotatable bonds is 5. The summed E-state index contributed by atoms with van der Waals surface area (Å²) >= 11 is 0. The largest absolute Gasteiger partial charge is 0.461 e. The molecular weight excluding hydrogens is 250 g/mol. The van der Waals surface area contributed by atoms with Crippen molar-refractivity contribution >= 4 is 16.9 Å². The second-order valence-corrected chi connectivity index (χ2v) is 5.32. The summed E-state index contributed by atoms with van der Waals surface area (Å²) in [6.45, 7) is 1.86. The Hall–Kier alpha value is -1.97. The van der Waals surface area contributed by atoms with Crippen LogP contribution >= 0.6 is 0 Å². The fraction of sp³-hybridized carbons (Fsp3) is 0.438. The molecule has 0 bridgehead atoms. The van der Waals surface area contributed by atoms with Gasteiger partial charge < -0.3 is 15.1 Å². The van der Waals surface area contributed by atoms with E-state index in [4.69, 9.17) is 4.42 Å². The zero-order valence-corrected chi connectivity index (χ0v) is 11.9. The summed E-state index contributed by atoms with van der Waals surface area (Å²) in [7, 11) is 1.81. The number of benzene rings is 1. The van der Waals surface area contributed by atoms with Crippen LogP contribution in [0.25, 0.3) is 11.0 Å². The molecule has 1 fully saturated rings. The van der Waals surface area contributed by atoms with Crippen LogP contribution in [0.2, 0.25) is 0 Å². The second-order valence-electron chi connectivity index (χ2n) is 5.32. The number of nitrogens with one attached hydrogen (secondary N) is 2. The average Bonchev–Trinajstić information content (AvgIpc) is 3.20. The molecular formula is C16H21N3O. The molecule has 20 heavy (non-hydrogen) atoms. The Labute approximate surface area is 119 Å². The topological polar surface area (TPSA) is 49.6 Å². The van der Waals surface area contributed by atoms with Gasteiger partial charge in [-0.15, -0.1) is 0 Å². The first-order chi connectivity index (χ1) is 9.85. The van der Waals surface area contributed by atoms with E-state index in [2.05, 4.69) is 27.8 Å². The Balaban J connectivity index is 1.48. The third-order valence-corrected chi connectivity index (χ3v) is 3.62. The molecule has 0 saturated heterocycles. The molecule has 1 heterocycles. The van der Waals surface area contributed by atoms with E-state index in [-0.39, 0.29) is 0 Å². The van der Waals surface area contributed by atoms with Crippen LogP contribution in [0.3, 0.4) is 0 Å². The summed E-state index contributed by atoms with van der Waals surface area (Å²) in [4.78, 5) is 4.23. The molecule has 0 spiro atoms. The van der Waals surface area contributed by atoms with Gasteiger partial charge in [0.1, 0.15) is 11.3 Å². The third kappa shape index (κ3) is 3.32. The van der Waals surface area contributed by atoms with E-state index < -0.39 is 0 Å². The molecule has 0 aliphatic heterocycles. The molecule has 0 radical (unpaired) electrons. The predicted octanol–water partition coefficient (Wildman–Crippen LogP) is 2.55. The molecule has 1 aliphatic rings. The minimum absolute atomic E-state index is 0.824. The van der Waals surface area contributed by atoms with Crippen molar-refractivity contribution < 1.29 is 4.42 Å². The monoisotopic (exact) mass is 271 g/mol. The van der Waals surface area contributed by atoms with Gasteiger partial charge in [0, 0.05) is 31.9 Å². The summed E-state index contributed by atoms with van der Waals surface area (Å²) in [5.74, 6) is 2.74. The zero-order valence-electron chi connectivity index (χ0n) is 11.9. The van der Waals surface area contributed by atoms with Crippen molar-refractivity contribution in [2.75, 3.05) is 20.1 Å². The molecule has 2 aromatic rings. The van der Waals surface area contributed by atoms with Crippen LogP contribution in [0.5, 0.6) is 0 Å². The standard InChI is InChI=1S/C16H21N3O/c1-17-16(19-11-12-6-7-12)18-9-8-14-10-13-4-2-3-5-15(13)20-14/h2-5,10,12H,6-9,11H2,1H3,(H2,17,18,19). The first-order valence-electron chi connectivity index (χ1n) is 7.27. The number of aliphatic imine (C=N–C) groups is 1. The van der Waals surface area contributed by atoms with Crippen LogP contribution in [-0.2, 0) is 6.42 Å². The van der Waals surface area contributed by atoms with E-state index in [0.717, 1.165) is 42.7 Å². The van der Waals surface area contributed by atoms with E-state index in [1.165, 1.54) is 18.2 Å². The van der Waals surface area contributed by atoms with E-state index >= 15 is 0 Å². The summed E-state index contributed by atoms with van der Waals surface area (Å²) in [5, 5.41) is 7.84. The fourth-order valence-electron chi connectivity index (χ4n) is 2.25. The number of furan rings is 1. The van der Waals surface area contributed by atoms with Gasteiger partial charge >= 0.3 is 0 Å². The van der Waals surface area contributed by atoms with Crippen molar-refractivity contribution in [1.82, 2.24) is 10.6 Å². The number of nitrogens with zero attached hydrogens (tertiary/aromatic N) is 1. The van der Waals surface area contributed by atoms with Crippen LogP contribution in [0, 0.1) is 5.92 Å². The first-order valence-corrected chi connectivity index (χ1v) is 7.27. The van der Waals surface area contributed by atoms with Gasteiger partial charge in [-0.2, -0.15) is 0 Å². The summed E-state index contributed by atoms with van der Waals surface area (Å²) in [6, 6.07) is 10.2. The molecule has 0 amide bonds. The number of hydrogen-bond donors (Lipinski definition) is 2. The lowest BCUT2D eigenvalue weighted by Crippen LogP contribution is -2.39. The van der Waals surface area contributed by atoms with Gasteiger partial charge in [0.25, 0.3) is 0 Å². The number of para-hydroxylation sites is 1. The van der Waals surface area contributed by atoms with Crippen LogP contribution in [-0.4, -0.2) is 26.1 Å². The second kappa shape index (κ2) is 5.99. The average molecular weight is 271 g/mol. The highest BCUT2D eigenvalue weighted by Crippen LogP contribution is 2.27. The van der Waals surface area contributed by atoms with Crippen molar-refractivity contribution in [3.8, 4) is 0 Å². The molecule has 1 saturated carbocycles. The quantitative estimate of drug-likeness (QED) is 0.649. The van der Waals surface area contributed by atoms with E-state index in [9.17, 15) is 0 Å². The molecule has 4 nitrogen and oxygen atoms in total. The summed E-state index contributed by atoms with van der Waals surface area (Å²) in [6.07, 6.45) is 3.56. The minimum Gasteiger partial charge on any atom is -0.461 e. The lowest BCUT2D eigenvalue weighted by atomic mass is 10.2. The van der Waals surface area contributed by atoms with Gasteiger partial charge in [-0.1, -0.05) is 18.2 Å². The molecule has 1 aromatic carbocycles. The van der Waals surface area contributed by atoms with E-state index in [1.807, 2.05) is 25.2 Å². The maximum absolute atomic E-state index is 5.79. The molecule has 106 valence electrons. The van der Waals surface area contributed by atoms with Crippen molar-refractivity contribution in [2.24, 2.45) is 10.9 Å². The SMILES string of the molecule is CN=C(NCCc1cc2ccccc2o1)NCC1CC1. The van der Waals surface area contributed by atoms with Gasteiger partial charge in [-0.25, -0.2) is 0 Å². The number of guanidine groups is 1. The smallest absolute Gasteiger partial charge is 0.190 e. The molecule has 2 N–H and O–H groups in total. The van der Waals surface area contributed by atoms with Crippen LogP contribution < -0.4 is 10.6 Å². The van der Waals surface area contributed by atoms with Crippen LogP contribution in [0.4, 0.5) is 0 Å². The summed E-state index contributed by atoms with van der Waals surface area (Å²) < 4.78 is 5.79. The van der Waals surface area contributed by atoms with Gasteiger partial charge in [-0.3, -0.25) is 4.99 Å². The maximum atomic E-state index is 5.79. The minimum atomic E-state index is 0.824. The van der Waals surface area contributed by atoms with Gasteiger partial charge in [0.15, 0.2) is 5.96 Å². The molecule has 0 unspecified atom stereocenters. The lowest BCUT2D eigenvalue weighted by molar-refractivity contribution is 0.544. The molecule has 0 atom stereocenters. The van der Waals surface area contributed by atoms with Gasteiger partial charge in [-0.05, 0) is 30.9 Å². The van der Waals surface area contributed by atoms with Crippen molar-refractivity contribution in [1.29, 1.82) is 0 Å². The van der Waals surface area contributed by atoms with Crippen LogP contribution in [0.15, 0.2) is 39.7 Å². The molecule has 4 heteroatoms. The normalized spacial score (nSPS) is 15.6. The Kier molecular flexibility index (Phi) is 3.90. The molecule has 3 rings (SSSR count). The Bertz CT molecular complexity index is 566. The Morgan fingerprint density at radius 3 is 2.90 bits per heavy atom. The zero-order chi connectivity index (χ0) is 13.8. The van der Waals surface area contributed by atoms with Crippen LogP contribution in [0.1, 0.15) is 18.6 Å². The third-order valence-electron chi connectivity index (χ3n) is 3.62. The highest BCUT2D eigenvalue weighted by atomic mass is 16.3. The van der Waals surface area contributed by atoms with Crippen molar-refractivity contribution in [2.45, 2.75) is 19.3 Å². The predicted molar refractivity (Wildman–Crippen MR) is 82.0 cm³/mol. The summed E-state index contributed by atoms with van der Waals surface area (Å²) in [5.41, 5.74) is 0.957. The Morgan fingerprint density at radius 1 is 1.30 bits per heavy atom. The fourth-order valence-corrected chi connectivity index (χ4v) is 2.25. The highest BCUT2D eigenvalue weighted by Gasteiger charge is 2.20. The number of hydrogen-bond acceptors (Lipinski definition) is 2. The van der Waals surface area contributed by atoms with E-state index in [1.54, 1.807) is 0 Å². The van der Waals surface area contributed by atoms with Crippen molar-refractivity contribution in [3.63, 3.8) is 0 Å². The lowest BCUT2D eigenvalue weighted by Gasteiger charge is -2.10. The van der Waals surface area contributed by atoms with Gasteiger partial charge in [0.05, 0.1) is 0 Å². The molecule has 1 aromatic heterocycles. The number of fused-ring (bicyclic) bond motifs is 1. The Morgan fingerprint density at radius 2 is 2.15 bits per heavy atom.